The Balaban J connectivity index is 0.942. The summed E-state index contributed by atoms with van der Waals surface area (Å²) in [5, 5.41) is 1.67. The number of carbonyl (C=O) groups is 1. The highest BCUT2D eigenvalue weighted by Gasteiger charge is 2.39. The standard InChI is InChI=1S/C53H62Cl2N6O9S/c1-53(2)27-43(34-6-8-36(54)9-7-34)44-30-60-20-19-59(29-38(60)31-66-21-5-23-67-49(44)28-53)37-10-14-42(46(25-37)61-18-4-22-68-52-47(61)24-35-16-17-56-50(35)57-52)51(62)58-71(63,64)41-13-15-48(45(55)26-41)70-33-40-12-11-39(65-3)32-69-40/h6-10,13-17,24-26,38-40,49H,4-5,11-12,18-23,27-33H2,1-3H3,(H,56,57)(H,58,62)/t38-,39-,40?,49+/m0/s1. The van der Waals surface area contributed by atoms with E-state index in [1.165, 1.54) is 34.9 Å². The SMILES string of the molecule is CO[C@H]1CCC(COc2ccc(S(=O)(=O)NC(=O)c3ccc(N4CCN5CC6=C(c7ccc(Cl)cc7)CC(C)(C)C[C@H]6OCCCOC[C@@H]5C4)cc3N3CCCOc4nc5[nH]ccc5cc43)cc2Cl)OC1. The molecule has 0 spiro atoms. The highest BCUT2D eigenvalue weighted by Crippen LogP contribution is 2.46. The van der Waals surface area contributed by atoms with Crippen LogP contribution in [0, 0.1) is 5.41 Å². The Morgan fingerprint density at radius 1 is 0.930 bits per heavy atom. The van der Waals surface area contributed by atoms with E-state index in [2.05, 4.69) is 45.5 Å². The number of hydrogen-bond donors (Lipinski definition) is 2. The van der Waals surface area contributed by atoms with E-state index in [1.54, 1.807) is 13.2 Å². The lowest BCUT2D eigenvalue weighted by molar-refractivity contribution is -0.0829. The minimum atomic E-state index is -4.41. The molecule has 1 unspecified atom stereocenters. The van der Waals surface area contributed by atoms with Crippen LogP contribution in [0.4, 0.5) is 17.1 Å². The monoisotopic (exact) mass is 1030 g/mol. The first-order valence-electron chi connectivity index (χ1n) is 24.6. The van der Waals surface area contributed by atoms with Crippen LogP contribution in [0.1, 0.15) is 68.3 Å². The number of nitrogens with one attached hydrogen (secondary N) is 2. The summed E-state index contributed by atoms with van der Waals surface area (Å²) in [4.78, 5) is 29.3. The van der Waals surface area contributed by atoms with Crippen molar-refractivity contribution in [1.82, 2.24) is 19.6 Å². The zero-order valence-electron chi connectivity index (χ0n) is 40.5. The van der Waals surface area contributed by atoms with Crippen molar-refractivity contribution in [3.8, 4) is 11.6 Å². The predicted octanol–water partition coefficient (Wildman–Crippen LogP) is 9.05. The number of benzene rings is 3. The number of methoxy groups -OCH3 is 1. The maximum Gasteiger partial charge on any atom is 0.267 e. The molecule has 3 aromatic carbocycles. The maximum atomic E-state index is 14.6. The molecule has 2 aromatic heterocycles. The van der Waals surface area contributed by atoms with Crippen LogP contribution in [0.3, 0.4) is 0 Å². The van der Waals surface area contributed by atoms with Gasteiger partial charge in [-0.25, -0.2) is 13.1 Å². The van der Waals surface area contributed by atoms with Crippen LogP contribution in [0.2, 0.25) is 10.0 Å². The number of pyridine rings is 1. The molecular formula is C53H62Cl2N6O9S. The molecule has 2 N–H and O–H groups in total. The average Bonchev–Trinajstić information content (AvgIpc) is 3.71. The van der Waals surface area contributed by atoms with E-state index in [0.717, 1.165) is 56.3 Å². The molecule has 1 aliphatic carbocycles. The number of hydrogen-bond acceptors (Lipinski definition) is 13. The number of nitrogens with zero attached hydrogens (tertiary/aromatic N) is 4. The van der Waals surface area contributed by atoms with Crippen LogP contribution in [-0.4, -0.2) is 133 Å². The number of carbonyl (C=O) groups excluding carboxylic acids is 1. The lowest BCUT2D eigenvalue weighted by Crippen LogP contribution is -2.56. The third-order valence-corrected chi connectivity index (χ3v) is 16.2. The summed E-state index contributed by atoms with van der Waals surface area (Å²) in [6.07, 6.45) is 6.60. The van der Waals surface area contributed by atoms with Gasteiger partial charge >= 0.3 is 0 Å². The number of anilines is 3. The molecule has 1 amide bonds. The second kappa shape index (κ2) is 21.3. The van der Waals surface area contributed by atoms with Crippen LogP contribution in [0.15, 0.2) is 89.5 Å². The van der Waals surface area contributed by atoms with Crippen LogP contribution >= 0.6 is 23.2 Å². The van der Waals surface area contributed by atoms with Gasteiger partial charge < -0.3 is 43.2 Å². The maximum absolute atomic E-state index is 14.6. The number of ether oxygens (including phenoxy) is 6. The van der Waals surface area contributed by atoms with Gasteiger partial charge in [0.2, 0.25) is 5.88 Å². The van der Waals surface area contributed by atoms with Crippen LogP contribution in [0.5, 0.6) is 11.6 Å². The summed E-state index contributed by atoms with van der Waals surface area (Å²) in [5.74, 6) is -0.0753. The Morgan fingerprint density at radius 3 is 2.59 bits per heavy atom. The number of sulfonamides is 1. The fourth-order valence-corrected chi connectivity index (χ4v) is 11.9. The van der Waals surface area contributed by atoms with Crippen molar-refractivity contribution >= 4 is 72.8 Å². The number of rotatable bonds is 10. The summed E-state index contributed by atoms with van der Waals surface area (Å²) >= 11 is 13.0. The van der Waals surface area contributed by atoms with E-state index in [9.17, 15) is 13.2 Å². The fourth-order valence-electron chi connectivity index (χ4n) is 10.5. The molecule has 0 saturated carbocycles. The summed E-state index contributed by atoms with van der Waals surface area (Å²) < 4.78 is 66.9. The summed E-state index contributed by atoms with van der Waals surface area (Å²) in [6, 6.07) is 21.9. The first-order valence-corrected chi connectivity index (χ1v) is 26.9. The quantitative estimate of drug-likeness (QED) is 0.137. The fraction of sp³-hybridized carbons (Fsp3) is 0.472. The van der Waals surface area contributed by atoms with E-state index < -0.39 is 15.9 Å². The Bertz CT molecular complexity index is 2870. The van der Waals surface area contributed by atoms with Crippen molar-refractivity contribution in [3.63, 3.8) is 0 Å². The molecule has 3 saturated heterocycles. The molecular weight excluding hydrogens is 968 g/mol. The summed E-state index contributed by atoms with van der Waals surface area (Å²) in [6.45, 7) is 10.9. The molecule has 4 aliphatic heterocycles. The normalized spacial score (nSPS) is 23.4. The third kappa shape index (κ3) is 11.2. The topological polar surface area (TPSA) is 157 Å². The van der Waals surface area contributed by atoms with Gasteiger partial charge in [-0.15, -0.1) is 0 Å². The molecule has 5 aromatic rings. The number of fused-ring (bicyclic) bond motifs is 4. The van der Waals surface area contributed by atoms with E-state index in [4.69, 9.17) is 56.6 Å². The van der Waals surface area contributed by atoms with E-state index in [0.29, 0.717) is 92.8 Å². The summed E-state index contributed by atoms with van der Waals surface area (Å²) in [7, 11) is -2.75. The number of amides is 1. The van der Waals surface area contributed by atoms with Gasteiger partial charge in [-0.2, -0.15) is 4.98 Å². The van der Waals surface area contributed by atoms with Gasteiger partial charge in [0.15, 0.2) is 0 Å². The van der Waals surface area contributed by atoms with Gasteiger partial charge in [-0.3, -0.25) is 9.69 Å². The Labute approximate surface area is 425 Å². The molecule has 6 heterocycles. The van der Waals surface area contributed by atoms with Crippen molar-refractivity contribution in [1.29, 1.82) is 0 Å². The minimum Gasteiger partial charge on any atom is -0.489 e. The van der Waals surface area contributed by atoms with Crippen LogP contribution < -0.4 is 24.0 Å². The highest BCUT2D eigenvalue weighted by molar-refractivity contribution is 7.90. The number of allylic oxidation sites excluding steroid dienone is 1. The van der Waals surface area contributed by atoms with Gasteiger partial charge in [0, 0.05) is 75.3 Å². The lowest BCUT2D eigenvalue weighted by Gasteiger charge is -2.45. The highest BCUT2D eigenvalue weighted by atomic mass is 35.5. The molecule has 3 fully saturated rings. The smallest absolute Gasteiger partial charge is 0.267 e. The first-order chi connectivity index (χ1) is 34.3. The van der Waals surface area contributed by atoms with Crippen molar-refractivity contribution < 1.29 is 41.6 Å². The van der Waals surface area contributed by atoms with Crippen molar-refractivity contribution in [2.45, 2.75) is 81.6 Å². The van der Waals surface area contributed by atoms with Gasteiger partial charge in [0.25, 0.3) is 15.9 Å². The Morgan fingerprint density at radius 2 is 1.79 bits per heavy atom. The Hall–Kier alpha value is -4.91. The molecule has 5 aliphatic rings. The van der Waals surface area contributed by atoms with Crippen molar-refractivity contribution in [3.05, 3.63) is 106 Å². The predicted molar refractivity (Wildman–Crippen MR) is 275 cm³/mol. The van der Waals surface area contributed by atoms with Crippen LogP contribution in [-0.2, 0) is 29.0 Å². The average molecular weight is 1030 g/mol. The molecule has 0 bridgehead atoms. The van der Waals surface area contributed by atoms with E-state index in [-0.39, 0.29) is 51.9 Å². The minimum absolute atomic E-state index is 0.0175. The zero-order valence-corrected chi connectivity index (χ0v) is 42.8. The van der Waals surface area contributed by atoms with Gasteiger partial charge in [0.1, 0.15) is 23.7 Å². The first kappa shape index (κ1) is 49.7. The largest absolute Gasteiger partial charge is 0.489 e. The third-order valence-electron chi connectivity index (χ3n) is 14.3. The second-order valence-corrected chi connectivity index (χ2v) is 22.5. The number of piperazine rings is 1. The van der Waals surface area contributed by atoms with E-state index >= 15 is 0 Å². The molecule has 0 radical (unpaired) electrons. The van der Waals surface area contributed by atoms with Crippen molar-refractivity contribution in [2.75, 3.05) is 89.3 Å². The number of halogens is 2. The van der Waals surface area contributed by atoms with Gasteiger partial charge in [0.05, 0.1) is 65.3 Å². The Kier molecular flexibility index (Phi) is 14.9. The number of aromatic amines is 1. The second-order valence-electron chi connectivity index (χ2n) is 19.9. The molecule has 378 valence electrons. The molecule has 10 rings (SSSR count). The number of H-pyrrole nitrogens is 1. The zero-order chi connectivity index (χ0) is 49.3. The molecule has 18 heteroatoms. The van der Waals surface area contributed by atoms with E-state index in [1.807, 2.05) is 47.5 Å². The van der Waals surface area contributed by atoms with Crippen LogP contribution in [0.25, 0.3) is 16.6 Å². The molecule has 71 heavy (non-hydrogen) atoms. The molecule has 15 nitrogen and oxygen atoms in total. The van der Waals surface area contributed by atoms with Gasteiger partial charge in [-0.05, 0) is 121 Å². The number of aromatic nitrogens is 2. The summed E-state index contributed by atoms with van der Waals surface area (Å²) in [5.41, 5.74) is 6.80. The van der Waals surface area contributed by atoms with Gasteiger partial charge in [-0.1, -0.05) is 49.2 Å². The lowest BCUT2D eigenvalue weighted by atomic mass is 9.71. The molecule has 4 atom stereocenters. The van der Waals surface area contributed by atoms with Crippen molar-refractivity contribution in [2.24, 2.45) is 5.41 Å².